The van der Waals surface area contributed by atoms with Gasteiger partial charge >= 0.3 is 64.2 Å². The van der Waals surface area contributed by atoms with E-state index in [9.17, 15) is 24.7 Å². The molecule has 0 rings (SSSR count). The summed E-state index contributed by atoms with van der Waals surface area (Å²) in [5.41, 5.74) is 0. The quantitative estimate of drug-likeness (QED) is 0.362. The molecule has 0 spiro atoms. The summed E-state index contributed by atoms with van der Waals surface area (Å²) in [7, 11) is 0. The van der Waals surface area contributed by atoms with Crippen LogP contribution in [0.25, 0.3) is 0 Å². The monoisotopic (exact) mass is 224 g/mol. The fourth-order valence-electron chi connectivity index (χ4n) is 0.424. The molecule has 0 aromatic rings. The molecular weight excluding hydrogens is 220 g/mol. The SMILES string of the molecule is O=C([O-])C[C@H](O[N+](=O)O)C(=O)[O-].[Na+].[Na+]. The molecule has 0 radical (unpaired) electrons. The van der Waals surface area contributed by atoms with E-state index < -0.39 is 29.6 Å². The number of hydrogen-bond acceptors (Lipinski definition) is 6. The van der Waals surface area contributed by atoms with Crippen molar-refractivity contribution in [2.45, 2.75) is 12.5 Å². The number of carbonyl (C=O) groups is 2. The zero-order valence-electron chi connectivity index (χ0n) is 7.63. The molecule has 0 amide bonds. The first-order valence-electron chi connectivity index (χ1n) is 2.67. The average Bonchev–Trinajstić information content (AvgIpc) is 1.83. The van der Waals surface area contributed by atoms with E-state index in [1.807, 2.05) is 0 Å². The van der Waals surface area contributed by atoms with Crippen molar-refractivity contribution >= 4 is 11.9 Å². The number of hydrogen-bond donors (Lipinski definition) is 1. The fraction of sp³-hybridized carbons (Fsp3) is 0.500. The second kappa shape index (κ2) is 9.69. The first kappa shape index (κ1) is 19.7. The minimum atomic E-state index is -2.06. The van der Waals surface area contributed by atoms with Crippen LogP contribution in [0, 0.1) is 4.91 Å². The summed E-state index contributed by atoms with van der Waals surface area (Å²) in [6, 6.07) is 0. The van der Waals surface area contributed by atoms with E-state index in [1.165, 1.54) is 0 Å². The second-order valence-electron chi connectivity index (χ2n) is 1.73. The second-order valence-corrected chi connectivity index (χ2v) is 1.73. The van der Waals surface area contributed by atoms with Crippen LogP contribution in [-0.2, 0) is 14.4 Å². The zero-order valence-corrected chi connectivity index (χ0v) is 11.6. The Bertz CT molecular complexity index is 204. The number of carboxylic acid groups (broad SMARTS) is 2. The summed E-state index contributed by atoms with van der Waals surface area (Å²) >= 11 is 0. The Morgan fingerprint density at radius 1 is 1.36 bits per heavy atom. The van der Waals surface area contributed by atoms with Crippen molar-refractivity contribution in [3.63, 3.8) is 0 Å². The number of carboxylic acids is 2. The number of nitrogens with zero attached hydrogens (tertiary/aromatic N) is 1. The molecule has 0 aliphatic carbocycles. The van der Waals surface area contributed by atoms with Gasteiger partial charge in [0.15, 0.2) is 0 Å². The summed E-state index contributed by atoms with van der Waals surface area (Å²) in [5.74, 6) is -3.68. The van der Waals surface area contributed by atoms with Crippen LogP contribution in [0.2, 0.25) is 0 Å². The van der Waals surface area contributed by atoms with Crippen molar-refractivity contribution in [1.29, 1.82) is 0 Å². The molecule has 1 atom stereocenters. The van der Waals surface area contributed by atoms with Gasteiger partial charge in [-0.15, -0.1) is 0 Å². The summed E-state index contributed by atoms with van der Waals surface area (Å²) in [4.78, 5) is 33.0. The maximum absolute atomic E-state index is 9.97. The van der Waals surface area contributed by atoms with Gasteiger partial charge in [-0.05, 0) is 0 Å². The van der Waals surface area contributed by atoms with E-state index >= 15 is 0 Å². The number of aliphatic carboxylic acids is 2. The van der Waals surface area contributed by atoms with Crippen molar-refractivity contribution < 1.29 is 94.0 Å². The summed E-state index contributed by atoms with van der Waals surface area (Å²) < 4.78 is 0. The molecule has 68 valence electrons. The Labute approximate surface area is 122 Å². The van der Waals surface area contributed by atoms with Crippen LogP contribution in [0.3, 0.4) is 0 Å². The van der Waals surface area contributed by atoms with Crippen LogP contribution >= 0.6 is 0 Å². The maximum Gasteiger partial charge on any atom is 1.00 e. The predicted octanol–water partition coefficient (Wildman–Crippen LogP) is -9.65. The summed E-state index contributed by atoms with van der Waals surface area (Å²) in [5, 5.41) is 26.5. The van der Waals surface area contributed by atoms with Gasteiger partial charge in [0.05, 0.1) is 5.97 Å². The Morgan fingerprint density at radius 3 is 2.00 bits per heavy atom. The van der Waals surface area contributed by atoms with Gasteiger partial charge in [0.1, 0.15) is 4.91 Å². The van der Waals surface area contributed by atoms with E-state index in [0.29, 0.717) is 0 Å². The normalized spacial score (nSPS) is 10.0. The molecule has 14 heavy (non-hydrogen) atoms. The van der Waals surface area contributed by atoms with Crippen molar-refractivity contribution in [2.24, 2.45) is 0 Å². The Kier molecular flexibility index (Phi) is 13.6. The van der Waals surface area contributed by atoms with Crippen LogP contribution in [0.4, 0.5) is 0 Å². The Hall–Kier alpha value is 0.140. The first-order valence-corrected chi connectivity index (χ1v) is 2.67. The molecule has 0 aliphatic rings. The minimum absolute atomic E-state index is 0. The molecule has 0 saturated carbocycles. The van der Waals surface area contributed by atoms with Gasteiger partial charge in [0, 0.05) is 12.4 Å². The van der Waals surface area contributed by atoms with Crippen LogP contribution in [0.1, 0.15) is 6.42 Å². The van der Waals surface area contributed by atoms with Crippen molar-refractivity contribution in [2.75, 3.05) is 0 Å². The molecule has 1 N–H and O–H groups in total. The maximum atomic E-state index is 9.97. The van der Waals surface area contributed by atoms with Crippen LogP contribution in [-0.4, -0.2) is 28.3 Å². The largest absolute Gasteiger partial charge is 1.00 e. The molecule has 8 nitrogen and oxygen atoms in total. The zero-order chi connectivity index (χ0) is 9.72. The molecule has 0 unspecified atom stereocenters. The van der Waals surface area contributed by atoms with E-state index in [-0.39, 0.29) is 59.1 Å². The van der Waals surface area contributed by atoms with Gasteiger partial charge in [0.25, 0.3) is 0 Å². The fourth-order valence-corrected chi connectivity index (χ4v) is 0.424. The molecule has 0 heterocycles. The molecule has 0 aromatic carbocycles. The Balaban J connectivity index is -0.000000605. The molecule has 0 fully saturated rings. The average molecular weight is 224 g/mol. The van der Waals surface area contributed by atoms with Gasteiger partial charge < -0.3 is 19.8 Å². The molecule has 0 bridgehead atoms. The third kappa shape index (κ3) is 10.2. The Morgan fingerprint density at radius 2 is 1.79 bits per heavy atom. The standard InChI is InChI=1S/C4H5NO7.2Na/c6-3(7)1-2(4(8)9)12-5(10)11;;/h2H,1H2,(H2-,6,7,8,9,10,11);;/q;2*+1/p-1/t2-;;/m0../s1. The first-order chi connectivity index (χ1) is 5.43. The summed E-state index contributed by atoms with van der Waals surface area (Å²) in [6.45, 7) is 0. The van der Waals surface area contributed by atoms with Crippen LogP contribution < -0.4 is 69.3 Å². The van der Waals surface area contributed by atoms with Crippen molar-refractivity contribution in [3.05, 3.63) is 4.91 Å². The molecule has 10 heteroatoms. The van der Waals surface area contributed by atoms with Gasteiger partial charge in [-0.2, -0.15) is 4.84 Å². The smallest absolute Gasteiger partial charge is 0.550 e. The number of carbonyl (C=O) groups excluding carboxylic acids is 2. The molecule has 0 aliphatic heterocycles. The van der Waals surface area contributed by atoms with E-state index in [0.717, 1.165) is 0 Å². The van der Waals surface area contributed by atoms with Crippen LogP contribution in [0.15, 0.2) is 0 Å². The van der Waals surface area contributed by atoms with E-state index in [1.54, 1.807) is 0 Å². The van der Waals surface area contributed by atoms with Gasteiger partial charge in [-0.3, -0.25) is 0 Å². The van der Waals surface area contributed by atoms with Gasteiger partial charge in [-0.1, -0.05) is 0 Å². The summed E-state index contributed by atoms with van der Waals surface area (Å²) in [6.07, 6.45) is -3.14. The van der Waals surface area contributed by atoms with E-state index in [4.69, 9.17) is 5.21 Å². The van der Waals surface area contributed by atoms with Crippen molar-refractivity contribution in [1.82, 2.24) is 0 Å². The third-order valence-electron chi connectivity index (χ3n) is 0.832. The van der Waals surface area contributed by atoms with Gasteiger partial charge in [-0.25, -0.2) is 5.21 Å². The molecule has 0 aromatic heterocycles. The van der Waals surface area contributed by atoms with Crippen LogP contribution in [0.5, 0.6) is 0 Å². The van der Waals surface area contributed by atoms with Crippen molar-refractivity contribution in [3.8, 4) is 0 Å². The predicted molar refractivity (Wildman–Crippen MR) is 24.9 cm³/mol. The topological polar surface area (TPSA) is 130 Å². The minimum Gasteiger partial charge on any atom is -0.550 e. The third-order valence-corrected chi connectivity index (χ3v) is 0.832. The molecule has 0 saturated heterocycles. The number of rotatable bonds is 5. The van der Waals surface area contributed by atoms with E-state index in [2.05, 4.69) is 4.84 Å². The molecular formula is C4H4NNa2O7+. The van der Waals surface area contributed by atoms with Gasteiger partial charge in [0.2, 0.25) is 6.10 Å².